The number of pyridine rings is 1. The zero-order valence-corrected chi connectivity index (χ0v) is 9.14. The van der Waals surface area contributed by atoms with Gasteiger partial charge in [0.2, 0.25) is 0 Å². The molecule has 13 heavy (non-hydrogen) atoms. The summed E-state index contributed by atoms with van der Waals surface area (Å²) in [4.78, 5) is 14.1. The maximum absolute atomic E-state index is 10.2. The molecule has 0 atom stereocenters. The normalized spacial score (nSPS) is 9.00. The quantitative estimate of drug-likeness (QED) is 0.913. The molecule has 1 heterocycles. The van der Waals surface area contributed by atoms with E-state index in [0.29, 0.717) is 6.42 Å². The van der Waals surface area contributed by atoms with Crippen LogP contribution in [0.5, 0.6) is 0 Å². The molecule has 0 saturated heterocycles. The molecule has 1 aromatic heterocycles. The van der Waals surface area contributed by atoms with E-state index in [0.717, 1.165) is 10.0 Å². The Morgan fingerprint density at radius 3 is 2.77 bits per heavy atom. The molecule has 0 aliphatic rings. The molecule has 0 aromatic carbocycles. The number of carboxylic acid groups (broad SMARTS) is 1. The second-order valence-corrected chi connectivity index (χ2v) is 3.32. The lowest BCUT2D eigenvalue weighted by Crippen LogP contribution is -1.97. The van der Waals surface area contributed by atoms with Crippen molar-refractivity contribution in [1.29, 1.82) is 0 Å². The summed E-state index contributed by atoms with van der Waals surface area (Å²) < 4.78 is 0.880. The molecule has 0 aliphatic carbocycles. The van der Waals surface area contributed by atoms with E-state index in [1.807, 2.05) is 6.07 Å². The first-order valence-electron chi connectivity index (χ1n) is 3.49. The third-order valence-electron chi connectivity index (χ3n) is 1.39. The highest BCUT2D eigenvalue weighted by Crippen LogP contribution is 2.10. The molecule has 0 fully saturated rings. The second-order valence-electron chi connectivity index (χ2n) is 2.41. The molecule has 1 N–H and O–H groups in total. The highest BCUT2D eigenvalue weighted by Gasteiger charge is 1.99. The fraction of sp³-hybridized carbons (Fsp3) is 0.250. The van der Waals surface area contributed by atoms with Crippen LogP contribution in [0.15, 0.2) is 22.9 Å². The van der Waals surface area contributed by atoms with Gasteiger partial charge in [0.15, 0.2) is 0 Å². The SMILES string of the molecule is Cl.O=C(O)CCc1cncc(Br)c1. The van der Waals surface area contributed by atoms with Gasteiger partial charge in [0, 0.05) is 23.3 Å². The Balaban J connectivity index is 0.00000144. The predicted molar refractivity (Wildman–Crippen MR) is 55.1 cm³/mol. The lowest BCUT2D eigenvalue weighted by Gasteiger charge is -1.97. The fourth-order valence-corrected chi connectivity index (χ4v) is 1.26. The standard InChI is InChI=1S/C8H8BrNO2.ClH/c9-7-3-6(4-10-5-7)1-2-8(11)12;/h3-5H,1-2H2,(H,11,12);1H. The minimum atomic E-state index is -0.782. The summed E-state index contributed by atoms with van der Waals surface area (Å²) in [6, 6.07) is 1.87. The van der Waals surface area contributed by atoms with Crippen LogP contribution in [0.1, 0.15) is 12.0 Å². The largest absolute Gasteiger partial charge is 0.481 e. The van der Waals surface area contributed by atoms with Crippen LogP contribution in [-0.4, -0.2) is 16.1 Å². The fourth-order valence-electron chi connectivity index (χ4n) is 0.844. The van der Waals surface area contributed by atoms with Gasteiger partial charge in [0.05, 0.1) is 0 Å². The molecule has 1 rings (SSSR count). The molecule has 0 bridgehead atoms. The van der Waals surface area contributed by atoms with Crippen molar-refractivity contribution >= 4 is 34.3 Å². The van der Waals surface area contributed by atoms with E-state index in [2.05, 4.69) is 20.9 Å². The number of halogens is 2. The average molecular weight is 267 g/mol. The highest BCUT2D eigenvalue weighted by atomic mass is 79.9. The van der Waals surface area contributed by atoms with Gasteiger partial charge in [0.25, 0.3) is 0 Å². The van der Waals surface area contributed by atoms with Crippen molar-refractivity contribution in [2.45, 2.75) is 12.8 Å². The number of rotatable bonds is 3. The van der Waals surface area contributed by atoms with Crippen molar-refractivity contribution in [3.8, 4) is 0 Å². The smallest absolute Gasteiger partial charge is 0.303 e. The van der Waals surface area contributed by atoms with Gasteiger partial charge < -0.3 is 5.11 Å². The summed E-state index contributed by atoms with van der Waals surface area (Å²) >= 11 is 3.26. The second kappa shape index (κ2) is 5.94. The summed E-state index contributed by atoms with van der Waals surface area (Å²) in [7, 11) is 0. The van der Waals surface area contributed by atoms with Crippen LogP contribution in [0.4, 0.5) is 0 Å². The first-order valence-corrected chi connectivity index (χ1v) is 4.29. The Labute approximate surface area is 90.7 Å². The molecule has 0 amide bonds. The van der Waals surface area contributed by atoms with Crippen molar-refractivity contribution in [1.82, 2.24) is 4.98 Å². The van der Waals surface area contributed by atoms with Crippen molar-refractivity contribution in [3.05, 3.63) is 28.5 Å². The molecule has 3 nitrogen and oxygen atoms in total. The highest BCUT2D eigenvalue weighted by molar-refractivity contribution is 9.10. The molecule has 0 spiro atoms. The lowest BCUT2D eigenvalue weighted by atomic mass is 10.2. The zero-order valence-electron chi connectivity index (χ0n) is 6.74. The molecular weight excluding hydrogens is 257 g/mol. The minimum Gasteiger partial charge on any atom is -0.481 e. The summed E-state index contributed by atoms with van der Waals surface area (Å²) in [5.41, 5.74) is 0.937. The number of aliphatic carboxylic acids is 1. The Kier molecular flexibility index (Phi) is 5.66. The van der Waals surface area contributed by atoms with Gasteiger partial charge in [-0.05, 0) is 34.0 Å². The van der Waals surface area contributed by atoms with Gasteiger partial charge in [0.1, 0.15) is 0 Å². The Hall–Kier alpha value is -0.610. The van der Waals surface area contributed by atoms with E-state index < -0.39 is 5.97 Å². The van der Waals surface area contributed by atoms with Crippen LogP contribution in [-0.2, 0) is 11.2 Å². The van der Waals surface area contributed by atoms with Crippen LogP contribution < -0.4 is 0 Å². The number of carbonyl (C=O) groups is 1. The van der Waals surface area contributed by atoms with Crippen LogP contribution in [0, 0.1) is 0 Å². The third-order valence-corrected chi connectivity index (χ3v) is 1.82. The molecule has 0 saturated carbocycles. The van der Waals surface area contributed by atoms with Gasteiger partial charge in [-0.1, -0.05) is 0 Å². The Morgan fingerprint density at radius 1 is 1.54 bits per heavy atom. The zero-order chi connectivity index (χ0) is 8.97. The molecule has 1 aromatic rings. The predicted octanol–water partition coefficient (Wildman–Crippen LogP) is 2.28. The van der Waals surface area contributed by atoms with Crippen molar-refractivity contribution < 1.29 is 9.90 Å². The minimum absolute atomic E-state index is 0. The summed E-state index contributed by atoms with van der Waals surface area (Å²) in [5.74, 6) is -0.782. The number of nitrogens with zero attached hydrogens (tertiary/aromatic N) is 1. The van der Waals surface area contributed by atoms with E-state index in [9.17, 15) is 4.79 Å². The maximum Gasteiger partial charge on any atom is 0.303 e. The third kappa shape index (κ3) is 4.85. The number of aryl methyl sites for hydroxylation is 1. The van der Waals surface area contributed by atoms with Gasteiger partial charge in [-0.3, -0.25) is 9.78 Å². The molecular formula is C8H9BrClNO2. The van der Waals surface area contributed by atoms with Crippen molar-refractivity contribution in [2.24, 2.45) is 0 Å². The number of hydrogen-bond donors (Lipinski definition) is 1. The Bertz CT molecular complexity index is 293. The average Bonchev–Trinajstić information content (AvgIpc) is 2.01. The topological polar surface area (TPSA) is 50.2 Å². The van der Waals surface area contributed by atoms with E-state index >= 15 is 0 Å². The van der Waals surface area contributed by atoms with Gasteiger partial charge >= 0.3 is 5.97 Å². The van der Waals surface area contributed by atoms with Crippen LogP contribution in [0.2, 0.25) is 0 Å². The first-order chi connectivity index (χ1) is 5.68. The molecule has 72 valence electrons. The van der Waals surface area contributed by atoms with E-state index in [1.165, 1.54) is 0 Å². The summed E-state index contributed by atoms with van der Waals surface area (Å²) in [5, 5.41) is 8.41. The molecule has 0 unspecified atom stereocenters. The summed E-state index contributed by atoms with van der Waals surface area (Å²) in [6.45, 7) is 0. The van der Waals surface area contributed by atoms with E-state index in [1.54, 1.807) is 12.4 Å². The first kappa shape index (κ1) is 12.4. The van der Waals surface area contributed by atoms with Crippen molar-refractivity contribution in [2.75, 3.05) is 0 Å². The van der Waals surface area contributed by atoms with Gasteiger partial charge in [-0.2, -0.15) is 0 Å². The molecule has 0 aliphatic heterocycles. The molecule has 0 radical (unpaired) electrons. The lowest BCUT2D eigenvalue weighted by molar-refractivity contribution is -0.136. The van der Waals surface area contributed by atoms with Gasteiger partial charge in [-0.25, -0.2) is 0 Å². The number of aromatic nitrogens is 1. The van der Waals surface area contributed by atoms with Crippen LogP contribution >= 0.6 is 28.3 Å². The maximum atomic E-state index is 10.2. The van der Waals surface area contributed by atoms with Gasteiger partial charge in [-0.15, -0.1) is 12.4 Å². The number of hydrogen-bond acceptors (Lipinski definition) is 2. The Morgan fingerprint density at radius 2 is 2.23 bits per heavy atom. The van der Waals surface area contributed by atoms with E-state index in [-0.39, 0.29) is 18.8 Å². The van der Waals surface area contributed by atoms with Crippen molar-refractivity contribution in [3.63, 3.8) is 0 Å². The summed E-state index contributed by atoms with van der Waals surface area (Å²) in [6.07, 6.45) is 4.03. The molecule has 5 heteroatoms. The van der Waals surface area contributed by atoms with E-state index in [4.69, 9.17) is 5.11 Å². The van der Waals surface area contributed by atoms with Crippen LogP contribution in [0.25, 0.3) is 0 Å². The monoisotopic (exact) mass is 265 g/mol. The number of carboxylic acids is 1. The van der Waals surface area contributed by atoms with Crippen LogP contribution in [0.3, 0.4) is 0 Å².